The van der Waals surface area contributed by atoms with Crippen LogP contribution in [-0.2, 0) is 14.3 Å². The molecule has 4 rings (SSSR count). The molecule has 2 unspecified atom stereocenters. The topological polar surface area (TPSA) is 108 Å². The molecule has 8 nitrogen and oxygen atoms in total. The zero-order chi connectivity index (χ0) is 23.4. The molecule has 0 spiro atoms. The minimum absolute atomic E-state index is 0.0177. The van der Waals surface area contributed by atoms with Crippen LogP contribution < -0.4 is 16.2 Å². The third-order valence-corrected chi connectivity index (χ3v) is 5.83. The van der Waals surface area contributed by atoms with Crippen LogP contribution in [0.5, 0.6) is 0 Å². The van der Waals surface area contributed by atoms with Crippen molar-refractivity contribution in [2.24, 2.45) is 0 Å². The number of rotatable bonds is 6. The van der Waals surface area contributed by atoms with Gasteiger partial charge in [0, 0.05) is 17.4 Å². The molecule has 1 amide bonds. The van der Waals surface area contributed by atoms with Crippen LogP contribution in [0, 0.1) is 25.2 Å². The van der Waals surface area contributed by atoms with E-state index in [4.69, 9.17) is 4.74 Å². The fourth-order valence-electron chi connectivity index (χ4n) is 3.98. The van der Waals surface area contributed by atoms with Crippen molar-refractivity contribution in [3.05, 3.63) is 83.0 Å². The fraction of sp³-hybridized carbons (Fsp3) is 0.240. The van der Waals surface area contributed by atoms with Crippen LogP contribution in [0.25, 0.3) is 5.69 Å². The van der Waals surface area contributed by atoms with Crippen molar-refractivity contribution < 1.29 is 14.3 Å². The number of anilines is 1. The summed E-state index contributed by atoms with van der Waals surface area (Å²) in [5.41, 5.74) is 9.91. The highest BCUT2D eigenvalue weighted by atomic mass is 16.5. The quantitative estimate of drug-likeness (QED) is 0.506. The van der Waals surface area contributed by atoms with Gasteiger partial charge in [0.15, 0.2) is 6.61 Å². The van der Waals surface area contributed by atoms with Gasteiger partial charge in [0.2, 0.25) is 0 Å². The van der Waals surface area contributed by atoms with Crippen LogP contribution in [0.4, 0.5) is 5.82 Å². The van der Waals surface area contributed by atoms with Gasteiger partial charge in [0.05, 0.1) is 5.56 Å². The van der Waals surface area contributed by atoms with Gasteiger partial charge < -0.3 is 10.1 Å². The summed E-state index contributed by atoms with van der Waals surface area (Å²) in [6, 6.07) is 20.8. The normalized spacial score (nSPS) is 17.4. The zero-order valence-electron chi connectivity index (χ0n) is 18.5. The summed E-state index contributed by atoms with van der Waals surface area (Å²) in [5.74, 6) is -0.660. The molecule has 33 heavy (non-hydrogen) atoms. The summed E-state index contributed by atoms with van der Waals surface area (Å²) in [6.45, 7) is 3.28. The van der Waals surface area contributed by atoms with Gasteiger partial charge in [-0.2, -0.15) is 5.26 Å². The van der Waals surface area contributed by atoms with Crippen molar-refractivity contribution >= 4 is 17.7 Å². The summed E-state index contributed by atoms with van der Waals surface area (Å²) in [4.78, 5) is 25.1. The Morgan fingerprint density at radius 3 is 2.42 bits per heavy atom. The minimum atomic E-state index is -0.560. The SMILES string of the molecule is Cc1c(C#N)c(NC(=O)COC(=O)C2CC(c3ccccc3)NN2)n(-c2ccccc2)c1C. The van der Waals surface area contributed by atoms with Gasteiger partial charge in [-0.3, -0.25) is 14.2 Å². The lowest BCUT2D eigenvalue weighted by molar-refractivity contribution is -0.149. The first kappa shape index (κ1) is 22.3. The number of hydrogen-bond donors (Lipinski definition) is 3. The highest BCUT2D eigenvalue weighted by Crippen LogP contribution is 2.30. The zero-order valence-corrected chi connectivity index (χ0v) is 18.5. The lowest BCUT2D eigenvalue weighted by Crippen LogP contribution is -2.38. The van der Waals surface area contributed by atoms with E-state index >= 15 is 0 Å². The van der Waals surface area contributed by atoms with E-state index in [-0.39, 0.29) is 6.04 Å². The Morgan fingerprint density at radius 2 is 1.76 bits per heavy atom. The van der Waals surface area contributed by atoms with E-state index in [0.29, 0.717) is 17.8 Å². The van der Waals surface area contributed by atoms with Gasteiger partial charge in [0.25, 0.3) is 5.91 Å². The average molecular weight is 444 g/mol. The number of carbonyl (C=O) groups is 2. The van der Waals surface area contributed by atoms with E-state index in [0.717, 1.165) is 22.5 Å². The van der Waals surface area contributed by atoms with Crippen LogP contribution in [0.3, 0.4) is 0 Å². The Labute approximate surface area is 192 Å². The Hall–Kier alpha value is -3.93. The Morgan fingerprint density at radius 1 is 1.09 bits per heavy atom. The van der Waals surface area contributed by atoms with Crippen LogP contribution in [-0.4, -0.2) is 29.1 Å². The van der Waals surface area contributed by atoms with E-state index in [9.17, 15) is 14.9 Å². The second kappa shape index (κ2) is 9.69. The maximum Gasteiger partial charge on any atom is 0.325 e. The second-order valence-electron chi connectivity index (χ2n) is 7.91. The van der Waals surface area contributed by atoms with Gasteiger partial charge in [-0.25, -0.2) is 10.9 Å². The number of esters is 1. The number of para-hydroxylation sites is 1. The summed E-state index contributed by atoms with van der Waals surface area (Å²) in [7, 11) is 0. The summed E-state index contributed by atoms with van der Waals surface area (Å²) in [5, 5.41) is 12.4. The van der Waals surface area contributed by atoms with Crippen molar-refractivity contribution in [2.75, 3.05) is 11.9 Å². The molecule has 1 aromatic heterocycles. The van der Waals surface area contributed by atoms with Crippen LogP contribution in [0.15, 0.2) is 60.7 Å². The van der Waals surface area contributed by atoms with Crippen LogP contribution >= 0.6 is 0 Å². The molecule has 8 heteroatoms. The molecular formula is C25H25N5O3. The summed E-state index contributed by atoms with van der Waals surface area (Å²) in [6.07, 6.45) is 0.512. The number of nitrogens with zero attached hydrogens (tertiary/aromatic N) is 2. The second-order valence-corrected chi connectivity index (χ2v) is 7.91. The van der Waals surface area contributed by atoms with Gasteiger partial charge >= 0.3 is 5.97 Å². The van der Waals surface area contributed by atoms with E-state index in [1.807, 2.05) is 79.1 Å². The molecule has 1 fully saturated rings. The molecule has 1 saturated heterocycles. The van der Waals surface area contributed by atoms with Crippen molar-refractivity contribution in [1.82, 2.24) is 15.4 Å². The highest BCUT2D eigenvalue weighted by molar-refractivity contribution is 5.94. The third-order valence-electron chi connectivity index (χ3n) is 5.83. The maximum atomic E-state index is 12.6. The molecule has 1 aliphatic heterocycles. The number of hydrazine groups is 1. The van der Waals surface area contributed by atoms with Gasteiger partial charge in [0.1, 0.15) is 17.9 Å². The first-order valence-electron chi connectivity index (χ1n) is 10.7. The highest BCUT2D eigenvalue weighted by Gasteiger charge is 2.31. The van der Waals surface area contributed by atoms with Crippen molar-refractivity contribution in [2.45, 2.75) is 32.4 Å². The molecule has 0 bridgehead atoms. The smallest absolute Gasteiger partial charge is 0.325 e. The predicted octanol–water partition coefficient (Wildman–Crippen LogP) is 3.06. The first-order chi connectivity index (χ1) is 16.0. The number of amides is 1. The van der Waals surface area contributed by atoms with Crippen LogP contribution in [0.1, 0.15) is 34.8 Å². The number of ether oxygens (including phenoxy) is 1. The van der Waals surface area contributed by atoms with E-state index in [1.54, 1.807) is 0 Å². The number of nitrogens with one attached hydrogen (secondary N) is 3. The van der Waals surface area contributed by atoms with Gasteiger partial charge in [-0.1, -0.05) is 48.5 Å². The Bertz CT molecular complexity index is 1200. The monoisotopic (exact) mass is 443 g/mol. The lowest BCUT2D eigenvalue weighted by Gasteiger charge is -2.14. The van der Waals surface area contributed by atoms with Crippen molar-refractivity contribution in [1.29, 1.82) is 5.26 Å². The molecule has 0 aliphatic carbocycles. The van der Waals surface area contributed by atoms with E-state index in [2.05, 4.69) is 22.2 Å². The molecule has 0 saturated carbocycles. The molecule has 2 aromatic carbocycles. The van der Waals surface area contributed by atoms with Crippen LogP contribution in [0.2, 0.25) is 0 Å². The van der Waals surface area contributed by atoms with Gasteiger partial charge in [-0.05, 0) is 43.5 Å². The lowest BCUT2D eigenvalue weighted by atomic mass is 10.0. The average Bonchev–Trinajstić information content (AvgIpc) is 3.42. The van der Waals surface area contributed by atoms with Crippen molar-refractivity contribution in [3.8, 4) is 11.8 Å². The Kier molecular flexibility index (Phi) is 6.54. The minimum Gasteiger partial charge on any atom is -0.454 e. The number of hydrogen-bond acceptors (Lipinski definition) is 6. The molecule has 2 heterocycles. The first-order valence-corrected chi connectivity index (χ1v) is 10.7. The maximum absolute atomic E-state index is 12.6. The molecular weight excluding hydrogens is 418 g/mol. The number of nitriles is 1. The number of benzene rings is 2. The number of aromatic nitrogens is 1. The van der Waals surface area contributed by atoms with Gasteiger partial charge in [-0.15, -0.1) is 0 Å². The summed E-state index contributed by atoms with van der Waals surface area (Å²) < 4.78 is 7.07. The molecule has 0 radical (unpaired) electrons. The molecule has 3 N–H and O–H groups in total. The summed E-state index contributed by atoms with van der Waals surface area (Å²) >= 11 is 0. The standard InChI is InChI=1S/C25H25N5O3/c1-16-17(2)30(19-11-7-4-8-12-19)24(20(16)14-26)27-23(31)15-33-25(32)22-13-21(28-29-22)18-9-5-3-6-10-18/h3-12,21-22,28-29H,13,15H2,1-2H3,(H,27,31). The van der Waals surface area contributed by atoms with E-state index in [1.165, 1.54) is 0 Å². The molecule has 168 valence electrons. The fourth-order valence-corrected chi connectivity index (χ4v) is 3.98. The largest absolute Gasteiger partial charge is 0.454 e. The third kappa shape index (κ3) is 4.65. The van der Waals surface area contributed by atoms with E-state index < -0.39 is 24.5 Å². The van der Waals surface area contributed by atoms with Crippen molar-refractivity contribution in [3.63, 3.8) is 0 Å². The molecule has 3 aromatic rings. The number of carbonyl (C=O) groups excluding carboxylic acids is 2. The predicted molar refractivity (Wildman–Crippen MR) is 123 cm³/mol. The Balaban J connectivity index is 1.41. The molecule has 1 aliphatic rings. The molecule has 2 atom stereocenters.